The van der Waals surface area contributed by atoms with E-state index in [0.29, 0.717) is 16.7 Å². The molecule has 1 heterocycles. The van der Waals surface area contributed by atoms with E-state index in [-0.39, 0.29) is 18.7 Å². The minimum atomic E-state index is -0.860. The lowest BCUT2D eigenvalue weighted by molar-refractivity contribution is -0.118. The zero-order chi connectivity index (χ0) is 22.3. The molecule has 2 amide bonds. The predicted molar refractivity (Wildman–Crippen MR) is 121 cm³/mol. The first-order valence-corrected chi connectivity index (χ1v) is 10.1. The van der Waals surface area contributed by atoms with Gasteiger partial charge < -0.3 is 25.3 Å². The Bertz CT molecular complexity index is 1270. The van der Waals surface area contributed by atoms with E-state index in [1.165, 1.54) is 0 Å². The molecule has 0 saturated heterocycles. The number of rotatable bonds is 7. The molecule has 162 valence electrons. The molecule has 0 saturated carbocycles. The number of hydrogen-bond acceptors (Lipinski definition) is 4. The summed E-state index contributed by atoms with van der Waals surface area (Å²) >= 11 is 0. The maximum absolute atomic E-state index is 13.0. The Morgan fingerprint density at radius 3 is 2.22 bits per heavy atom. The highest BCUT2D eigenvalue weighted by atomic mass is 16.5. The SMILES string of the molecule is O=C(N[C@H](Cc1ccccc1)C(=O)Nc1ccc2[nH]c(=O)[nH]c2c1)OCc1ccccc1. The molecule has 0 aliphatic rings. The standard InChI is InChI=1S/C24H22N4O4/c29-22(25-18-11-12-19-20(14-18)27-23(30)26-19)21(13-16-7-3-1-4-8-16)28-24(31)32-15-17-9-5-2-6-10-17/h1-12,14,21H,13,15H2,(H,25,29)(H,28,31)(H2,26,27,30)/t21-/m1/s1. The first kappa shape index (κ1) is 20.9. The highest BCUT2D eigenvalue weighted by molar-refractivity contribution is 5.98. The van der Waals surface area contributed by atoms with Crippen molar-refractivity contribution in [1.82, 2.24) is 15.3 Å². The summed E-state index contributed by atoms with van der Waals surface area (Å²) in [6.45, 7) is 0.101. The van der Waals surface area contributed by atoms with Crippen LogP contribution in [0.3, 0.4) is 0 Å². The number of anilines is 1. The number of H-pyrrole nitrogens is 2. The van der Waals surface area contributed by atoms with Crippen molar-refractivity contribution in [2.45, 2.75) is 19.1 Å². The predicted octanol–water partition coefficient (Wildman–Crippen LogP) is 3.33. The number of nitrogens with one attached hydrogen (secondary N) is 4. The largest absolute Gasteiger partial charge is 0.445 e. The number of amides is 2. The lowest BCUT2D eigenvalue weighted by atomic mass is 10.1. The zero-order valence-corrected chi connectivity index (χ0v) is 17.1. The molecule has 0 spiro atoms. The molecule has 32 heavy (non-hydrogen) atoms. The van der Waals surface area contributed by atoms with E-state index in [1.807, 2.05) is 60.7 Å². The van der Waals surface area contributed by atoms with Crippen molar-refractivity contribution >= 4 is 28.7 Å². The van der Waals surface area contributed by atoms with Gasteiger partial charge in [0.2, 0.25) is 5.91 Å². The highest BCUT2D eigenvalue weighted by Gasteiger charge is 2.22. The van der Waals surface area contributed by atoms with Gasteiger partial charge in [0, 0.05) is 12.1 Å². The van der Waals surface area contributed by atoms with Crippen molar-refractivity contribution in [3.8, 4) is 0 Å². The first-order valence-electron chi connectivity index (χ1n) is 10.1. The lowest BCUT2D eigenvalue weighted by Gasteiger charge is -2.18. The van der Waals surface area contributed by atoms with Gasteiger partial charge in [-0.3, -0.25) is 4.79 Å². The van der Waals surface area contributed by atoms with Gasteiger partial charge in [0.1, 0.15) is 12.6 Å². The van der Waals surface area contributed by atoms with Crippen LogP contribution in [0.1, 0.15) is 11.1 Å². The van der Waals surface area contributed by atoms with Gasteiger partial charge in [0.15, 0.2) is 0 Å². The second-order valence-corrected chi connectivity index (χ2v) is 7.28. The van der Waals surface area contributed by atoms with E-state index in [2.05, 4.69) is 20.6 Å². The molecular formula is C24H22N4O4. The normalized spacial score (nSPS) is 11.6. The monoisotopic (exact) mass is 430 g/mol. The van der Waals surface area contributed by atoms with Crippen molar-refractivity contribution in [3.05, 3.63) is 100 Å². The molecule has 3 aromatic carbocycles. The fraction of sp³-hybridized carbons (Fsp3) is 0.125. The van der Waals surface area contributed by atoms with Crippen LogP contribution in [0.5, 0.6) is 0 Å². The van der Waals surface area contributed by atoms with Gasteiger partial charge in [-0.05, 0) is 29.3 Å². The van der Waals surface area contributed by atoms with Gasteiger partial charge in [-0.2, -0.15) is 0 Å². The number of ether oxygens (including phenoxy) is 1. The Morgan fingerprint density at radius 2 is 1.50 bits per heavy atom. The number of carbonyl (C=O) groups is 2. The van der Waals surface area contributed by atoms with E-state index in [1.54, 1.807) is 18.2 Å². The van der Waals surface area contributed by atoms with Crippen LogP contribution in [0.15, 0.2) is 83.7 Å². The topological polar surface area (TPSA) is 116 Å². The third kappa shape index (κ3) is 5.42. The van der Waals surface area contributed by atoms with Crippen molar-refractivity contribution in [2.75, 3.05) is 5.32 Å². The zero-order valence-electron chi connectivity index (χ0n) is 17.1. The summed E-state index contributed by atoms with van der Waals surface area (Å²) < 4.78 is 5.28. The van der Waals surface area contributed by atoms with Crippen molar-refractivity contribution in [1.29, 1.82) is 0 Å². The van der Waals surface area contributed by atoms with E-state index >= 15 is 0 Å². The van der Waals surface area contributed by atoms with Crippen LogP contribution in [-0.2, 0) is 22.6 Å². The summed E-state index contributed by atoms with van der Waals surface area (Å²) in [5.74, 6) is -0.400. The Kier molecular flexibility index (Phi) is 6.31. The van der Waals surface area contributed by atoms with Gasteiger partial charge in [-0.1, -0.05) is 60.7 Å². The lowest BCUT2D eigenvalue weighted by Crippen LogP contribution is -2.45. The molecule has 0 radical (unpaired) electrons. The second kappa shape index (κ2) is 9.65. The number of fused-ring (bicyclic) bond motifs is 1. The Labute approximate surface area is 183 Å². The van der Waals surface area contributed by atoms with Crippen molar-refractivity contribution < 1.29 is 14.3 Å². The molecule has 0 bridgehead atoms. The highest BCUT2D eigenvalue weighted by Crippen LogP contribution is 2.15. The van der Waals surface area contributed by atoms with Gasteiger partial charge in [0.05, 0.1) is 11.0 Å². The third-order valence-corrected chi connectivity index (χ3v) is 4.89. The van der Waals surface area contributed by atoms with E-state index < -0.39 is 18.0 Å². The average Bonchev–Trinajstić information content (AvgIpc) is 3.18. The maximum Gasteiger partial charge on any atom is 0.408 e. The Hall–Kier alpha value is -4.33. The summed E-state index contributed by atoms with van der Waals surface area (Å²) in [6.07, 6.45) is -0.397. The fourth-order valence-corrected chi connectivity index (χ4v) is 3.31. The number of imidazole rings is 1. The quantitative estimate of drug-likeness (QED) is 0.360. The third-order valence-electron chi connectivity index (χ3n) is 4.89. The molecule has 4 aromatic rings. The van der Waals surface area contributed by atoms with Gasteiger partial charge in [0.25, 0.3) is 0 Å². The molecule has 0 aliphatic carbocycles. The maximum atomic E-state index is 13.0. The number of hydrogen-bond donors (Lipinski definition) is 4. The van der Waals surface area contributed by atoms with Crippen LogP contribution in [-0.4, -0.2) is 28.0 Å². The molecule has 4 N–H and O–H groups in total. The summed E-state index contributed by atoms with van der Waals surface area (Å²) in [4.78, 5) is 42.2. The second-order valence-electron chi connectivity index (χ2n) is 7.28. The summed E-state index contributed by atoms with van der Waals surface area (Å²) in [5.41, 5.74) is 3.12. The molecule has 1 atom stereocenters. The number of benzene rings is 3. The van der Waals surface area contributed by atoms with Crippen LogP contribution in [0.2, 0.25) is 0 Å². The van der Waals surface area contributed by atoms with Crippen LogP contribution < -0.4 is 16.3 Å². The van der Waals surface area contributed by atoms with E-state index in [4.69, 9.17) is 4.74 Å². The Balaban J connectivity index is 1.46. The fourth-order valence-electron chi connectivity index (χ4n) is 3.31. The number of carbonyl (C=O) groups excluding carboxylic acids is 2. The van der Waals surface area contributed by atoms with Gasteiger partial charge in [-0.25, -0.2) is 9.59 Å². The summed E-state index contributed by atoms with van der Waals surface area (Å²) in [6, 6.07) is 22.8. The molecule has 8 heteroatoms. The summed E-state index contributed by atoms with van der Waals surface area (Å²) in [5, 5.41) is 5.46. The molecular weight excluding hydrogens is 408 g/mol. The van der Waals surface area contributed by atoms with Crippen molar-refractivity contribution in [3.63, 3.8) is 0 Å². The number of alkyl carbamates (subject to hydrolysis) is 1. The van der Waals surface area contributed by atoms with Gasteiger partial charge in [-0.15, -0.1) is 0 Å². The van der Waals surface area contributed by atoms with Crippen LogP contribution in [0, 0.1) is 0 Å². The Morgan fingerprint density at radius 1 is 0.844 bits per heavy atom. The van der Waals surface area contributed by atoms with Crippen LogP contribution >= 0.6 is 0 Å². The first-order chi connectivity index (χ1) is 15.6. The van der Waals surface area contributed by atoms with Crippen LogP contribution in [0.4, 0.5) is 10.5 Å². The minimum Gasteiger partial charge on any atom is -0.445 e. The number of aromatic amines is 2. The molecule has 0 unspecified atom stereocenters. The minimum absolute atomic E-state index is 0.101. The molecule has 4 rings (SSSR count). The van der Waals surface area contributed by atoms with E-state index in [9.17, 15) is 14.4 Å². The smallest absolute Gasteiger partial charge is 0.408 e. The molecule has 0 aliphatic heterocycles. The summed E-state index contributed by atoms with van der Waals surface area (Å²) in [7, 11) is 0. The molecule has 1 aromatic heterocycles. The van der Waals surface area contributed by atoms with Crippen LogP contribution in [0.25, 0.3) is 11.0 Å². The van der Waals surface area contributed by atoms with E-state index in [0.717, 1.165) is 11.1 Å². The van der Waals surface area contributed by atoms with Crippen molar-refractivity contribution in [2.24, 2.45) is 0 Å². The number of aromatic nitrogens is 2. The molecule has 0 fully saturated rings. The average molecular weight is 430 g/mol. The van der Waals surface area contributed by atoms with Gasteiger partial charge >= 0.3 is 11.8 Å². The molecule has 8 nitrogen and oxygen atoms in total.